The largest absolute Gasteiger partial charge is 0.340 e. The van der Waals surface area contributed by atoms with Crippen LogP contribution < -0.4 is 0 Å². The van der Waals surface area contributed by atoms with Crippen molar-refractivity contribution in [3.63, 3.8) is 0 Å². The van der Waals surface area contributed by atoms with E-state index in [2.05, 4.69) is 12.2 Å². The Morgan fingerprint density at radius 3 is 2.48 bits per heavy atom. The van der Waals surface area contributed by atoms with E-state index in [4.69, 9.17) is 0 Å². The molecular formula is C17H20F2N2O3S. The second kappa shape index (κ2) is 7.21. The van der Waals surface area contributed by atoms with Gasteiger partial charge in [0.05, 0.1) is 0 Å². The molecule has 1 saturated heterocycles. The highest BCUT2D eigenvalue weighted by molar-refractivity contribution is 7.89. The molecule has 8 heteroatoms. The molecule has 1 unspecified atom stereocenters. The lowest BCUT2D eigenvalue weighted by atomic mass is 10.0. The Balaban J connectivity index is 1.63. The summed E-state index contributed by atoms with van der Waals surface area (Å²) in [6, 6.07) is 2.41. The van der Waals surface area contributed by atoms with Gasteiger partial charge >= 0.3 is 0 Å². The molecule has 2 aliphatic rings. The van der Waals surface area contributed by atoms with Crippen LogP contribution in [0.15, 0.2) is 35.2 Å². The minimum absolute atomic E-state index is 0.0153. The lowest BCUT2D eigenvalue weighted by Gasteiger charge is -2.34. The first-order valence-corrected chi connectivity index (χ1v) is 9.71. The van der Waals surface area contributed by atoms with Crippen LogP contribution in [-0.2, 0) is 14.8 Å². The van der Waals surface area contributed by atoms with E-state index in [0.717, 1.165) is 29.3 Å². The number of carbonyl (C=O) groups excluding carboxylic acids is 1. The fraction of sp³-hybridized carbons (Fsp3) is 0.471. The van der Waals surface area contributed by atoms with Crippen LogP contribution in [0.25, 0.3) is 0 Å². The van der Waals surface area contributed by atoms with Gasteiger partial charge in [0.25, 0.3) is 0 Å². The molecule has 5 nitrogen and oxygen atoms in total. The van der Waals surface area contributed by atoms with E-state index in [1.807, 2.05) is 0 Å². The van der Waals surface area contributed by atoms with E-state index in [0.29, 0.717) is 12.5 Å². The first kappa shape index (κ1) is 18.0. The highest BCUT2D eigenvalue weighted by Crippen LogP contribution is 2.24. The van der Waals surface area contributed by atoms with Gasteiger partial charge in [0.2, 0.25) is 15.9 Å². The first-order valence-electron chi connectivity index (χ1n) is 8.27. The number of nitrogens with zero attached hydrogens (tertiary/aromatic N) is 2. The molecule has 0 bridgehead atoms. The Morgan fingerprint density at radius 1 is 1.16 bits per heavy atom. The minimum Gasteiger partial charge on any atom is -0.340 e. The molecule has 0 spiro atoms. The number of piperazine rings is 1. The molecular weight excluding hydrogens is 350 g/mol. The number of halogens is 2. The van der Waals surface area contributed by atoms with Gasteiger partial charge in [0, 0.05) is 38.7 Å². The third-order valence-corrected chi connectivity index (χ3v) is 6.58. The average molecular weight is 370 g/mol. The van der Waals surface area contributed by atoms with E-state index in [1.165, 1.54) is 0 Å². The highest BCUT2D eigenvalue weighted by Gasteiger charge is 2.32. The molecule has 1 amide bonds. The smallest absolute Gasteiger partial charge is 0.246 e. The quantitative estimate of drug-likeness (QED) is 0.763. The van der Waals surface area contributed by atoms with Gasteiger partial charge in [0.15, 0.2) is 0 Å². The van der Waals surface area contributed by atoms with Gasteiger partial charge < -0.3 is 4.90 Å². The highest BCUT2D eigenvalue weighted by atomic mass is 32.2. The Labute approximate surface area is 146 Å². The summed E-state index contributed by atoms with van der Waals surface area (Å²) >= 11 is 0. The summed E-state index contributed by atoms with van der Waals surface area (Å²) in [4.78, 5) is 13.4. The zero-order chi connectivity index (χ0) is 18.0. The Morgan fingerprint density at radius 2 is 1.88 bits per heavy atom. The van der Waals surface area contributed by atoms with Crippen molar-refractivity contribution in [2.75, 3.05) is 26.2 Å². The van der Waals surface area contributed by atoms with E-state index >= 15 is 0 Å². The average Bonchev–Trinajstić information content (AvgIpc) is 3.07. The molecule has 0 saturated carbocycles. The summed E-state index contributed by atoms with van der Waals surface area (Å²) in [5.74, 6) is -1.65. The zero-order valence-corrected chi connectivity index (χ0v) is 14.5. The van der Waals surface area contributed by atoms with Crippen molar-refractivity contribution in [1.82, 2.24) is 9.21 Å². The summed E-state index contributed by atoms with van der Waals surface area (Å²) in [6.45, 7) is 0.755. The third kappa shape index (κ3) is 3.90. The third-order valence-electron chi connectivity index (χ3n) is 4.65. The number of amides is 1. The normalized spacial score (nSPS) is 21.7. The lowest BCUT2D eigenvalue weighted by molar-refractivity contribution is -0.133. The lowest BCUT2D eigenvalue weighted by Crippen LogP contribution is -2.50. The summed E-state index contributed by atoms with van der Waals surface area (Å²) in [5, 5.41) is 0. The standard InChI is InChI=1S/C17H20F2N2O3S/c18-14-5-6-16(15(19)12-14)25(23,24)21-9-7-20(8-10-21)17(22)11-13-3-1-2-4-13/h1,3,5-6,12-13H,2,4,7-11H2. The number of hydrogen-bond acceptors (Lipinski definition) is 3. The monoisotopic (exact) mass is 370 g/mol. The second-order valence-electron chi connectivity index (χ2n) is 6.33. The summed E-state index contributed by atoms with van der Waals surface area (Å²) in [6.07, 6.45) is 6.53. The molecule has 1 aliphatic heterocycles. The minimum atomic E-state index is -4.04. The summed E-state index contributed by atoms with van der Waals surface area (Å²) in [5.41, 5.74) is 0. The van der Waals surface area contributed by atoms with Gasteiger partial charge in [0.1, 0.15) is 16.5 Å². The summed E-state index contributed by atoms with van der Waals surface area (Å²) in [7, 11) is -4.04. The number of sulfonamides is 1. The molecule has 25 heavy (non-hydrogen) atoms. The van der Waals surface area contributed by atoms with Crippen molar-refractivity contribution in [3.8, 4) is 0 Å². The first-order chi connectivity index (χ1) is 11.9. The predicted octanol–water partition coefficient (Wildman–Crippen LogP) is 2.15. The fourth-order valence-corrected chi connectivity index (χ4v) is 4.69. The van der Waals surface area contributed by atoms with Crippen LogP contribution in [-0.4, -0.2) is 49.7 Å². The molecule has 0 aromatic heterocycles. The van der Waals surface area contributed by atoms with Crippen molar-refractivity contribution in [2.45, 2.75) is 24.2 Å². The molecule has 3 rings (SSSR count). The second-order valence-corrected chi connectivity index (χ2v) is 8.24. The van der Waals surface area contributed by atoms with Crippen molar-refractivity contribution in [2.24, 2.45) is 5.92 Å². The van der Waals surface area contributed by atoms with Gasteiger partial charge in [-0.2, -0.15) is 4.31 Å². The SMILES string of the molecule is O=C(CC1C=CCC1)N1CCN(S(=O)(=O)c2ccc(F)cc2F)CC1. The van der Waals surface area contributed by atoms with Crippen molar-refractivity contribution in [3.05, 3.63) is 42.0 Å². The topological polar surface area (TPSA) is 57.7 Å². The van der Waals surface area contributed by atoms with Crippen molar-refractivity contribution >= 4 is 15.9 Å². The fourth-order valence-electron chi connectivity index (χ4n) is 3.22. The predicted molar refractivity (Wildman–Crippen MR) is 88.2 cm³/mol. The van der Waals surface area contributed by atoms with Gasteiger partial charge in [-0.05, 0) is 30.9 Å². The molecule has 1 aromatic carbocycles. The van der Waals surface area contributed by atoms with Crippen LogP contribution in [0.3, 0.4) is 0 Å². The van der Waals surface area contributed by atoms with E-state index in [1.54, 1.807) is 4.90 Å². The van der Waals surface area contributed by atoms with Gasteiger partial charge in [-0.3, -0.25) is 4.79 Å². The van der Waals surface area contributed by atoms with Gasteiger partial charge in [-0.15, -0.1) is 0 Å². The molecule has 0 radical (unpaired) electrons. The number of allylic oxidation sites excluding steroid dienone is 2. The zero-order valence-electron chi connectivity index (χ0n) is 13.7. The van der Waals surface area contributed by atoms with Crippen LogP contribution in [0.1, 0.15) is 19.3 Å². The Kier molecular flexibility index (Phi) is 5.19. The van der Waals surface area contributed by atoms with Gasteiger partial charge in [-0.1, -0.05) is 12.2 Å². The van der Waals surface area contributed by atoms with E-state index in [-0.39, 0.29) is 38.0 Å². The van der Waals surface area contributed by atoms with Gasteiger partial charge in [-0.25, -0.2) is 17.2 Å². The van der Waals surface area contributed by atoms with Crippen molar-refractivity contribution in [1.29, 1.82) is 0 Å². The maximum absolute atomic E-state index is 13.8. The molecule has 1 aliphatic carbocycles. The van der Waals surface area contributed by atoms with Crippen molar-refractivity contribution < 1.29 is 22.0 Å². The van der Waals surface area contributed by atoms with Crippen LogP contribution >= 0.6 is 0 Å². The maximum atomic E-state index is 13.8. The molecule has 0 N–H and O–H groups in total. The molecule has 136 valence electrons. The molecule has 1 heterocycles. The summed E-state index contributed by atoms with van der Waals surface area (Å²) < 4.78 is 53.0. The van der Waals surface area contributed by atoms with Crippen LogP contribution in [0.5, 0.6) is 0 Å². The molecule has 1 aromatic rings. The maximum Gasteiger partial charge on any atom is 0.246 e. The van der Waals surface area contributed by atoms with Crippen LogP contribution in [0.2, 0.25) is 0 Å². The Bertz CT molecular complexity index is 787. The number of benzene rings is 1. The van der Waals surface area contributed by atoms with Crippen LogP contribution in [0.4, 0.5) is 8.78 Å². The van der Waals surface area contributed by atoms with E-state index < -0.39 is 26.6 Å². The van der Waals surface area contributed by atoms with Crippen LogP contribution in [0, 0.1) is 17.6 Å². The van der Waals surface area contributed by atoms with E-state index in [9.17, 15) is 22.0 Å². The molecule has 1 fully saturated rings. The molecule has 1 atom stereocenters. The Hall–Kier alpha value is -1.80. The number of rotatable bonds is 4. The number of carbonyl (C=O) groups is 1. The number of hydrogen-bond donors (Lipinski definition) is 0.